The molecule has 0 spiro atoms. The maximum absolute atomic E-state index is 9.92. The van der Waals surface area contributed by atoms with Crippen molar-refractivity contribution in [2.24, 2.45) is 5.92 Å². The molecule has 100 valence electrons. The Labute approximate surface area is 110 Å². The van der Waals surface area contributed by atoms with E-state index in [4.69, 9.17) is 0 Å². The molecule has 2 atom stereocenters. The summed E-state index contributed by atoms with van der Waals surface area (Å²) < 4.78 is 0. The minimum Gasteiger partial charge on any atom is -0.393 e. The summed E-state index contributed by atoms with van der Waals surface area (Å²) in [7, 11) is 0. The third-order valence-corrected chi connectivity index (χ3v) is 4.01. The van der Waals surface area contributed by atoms with Gasteiger partial charge in [0.05, 0.1) is 6.10 Å². The van der Waals surface area contributed by atoms with Gasteiger partial charge in [-0.25, -0.2) is 0 Å². The molecular weight excluding hydrogens is 222 g/mol. The third-order valence-electron chi connectivity index (χ3n) is 4.01. The van der Waals surface area contributed by atoms with Crippen molar-refractivity contribution in [3.05, 3.63) is 29.8 Å². The minimum absolute atomic E-state index is 0.110. The molecule has 0 saturated heterocycles. The van der Waals surface area contributed by atoms with Gasteiger partial charge >= 0.3 is 0 Å². The smallest absolute Gasteiger partial charge is 0.0585 e. The molecule has 0 amide bonds. The molecule has 0 aromatic heterocycles. The molecule has 1 aromatic rings. The number of benzene rings is 1. The lowest BCUT2D eigenvalue weighted by Gasteiger charge is -2.28. The third kappa shape index (κ3) is 3.49. The Bertz CT molecular complexity index is 358. The molecule has 18 heavy (non-hydrogen) atoms. The van der Waals surface area contributed by atoms with Crippen molar-refractivity contribution in [2.75, 3.05) is 11.9 Å². The van der Waals surface area contributed by atoms with Gasteiger partial charge in [-0.3, -0.25) is 0 Å². The average molecular weight is 247 g/mol. The molecule has 1 aliphatic carbocycles. The first kappa shape index (κ1) is 13.4. The normalized spacial score (nSPS) is 24.2. The van der Waals surface area contributed by atoms with E-state index in [2.05, 4.69) is 43.4 Å². The van der Waals surface area contributed by atoms with Crippen LogP contribution in [-0.4, -0.2) is 17.8 Å². The zero-order valence-corrected chi connectivity index (χ0v) is 11.5. The van der Waals surface area contributed by atoms with E-state index in [0.29, 0.717) is 11.8 Å². The highest BCUT2D eigenvalue weighted by Gasteiger charge is 2.22. The fraction of sp³-hybridized carbons (Fsp3) is 0.625. The van der Waals surface area contributed by atoms with Crippen LogP contribution in [0.25, 0.3) is 0 Å². The van der Waals surface area contributed by atoms with Gasteiger partial charge in [0.25, 0.3) is 0 Å². The summed E-state index contributed by atoms with van der Waals surface area (Å²) in [6.45, 7) is 5.31. The van der Waals surface area contributed by atoms with Crippen LogP contribution >= 0.6 is 0 Å². The van der Waals surface area contributed by atoms with Gasteiger partial charge in [-0.2, -0.15) is 0 Å². The van der Waals surface area contributed by atoms with Crippen LogP contribution in [0.5, 0.6) is 0 Å². The van der Waals surface area contributed by atoms with Gasteiger partial charge in [-0.05, 0) is 36.5 Å². The Morgan fingerprint density at radius 3 is 2.44 bits per heavy atom. The Morgan fingerprint density at radius 2 is 1.83 bits per heavy atom. The van der Waals surface area contributed by atoms with Gasteiger partial charge in [0.15, 0.2) is 0 Å². The highest BCUT2D eigenvalue weighted by Crippen LogP contribution is 2.25. The van der Waals surface area contributed by atoms with Gasteiger partial charge in [-0.15, -0.1) is 0 Å². The van der Waals surface area contributed by atoms with Gasteiger partial charge in [0.2, 0.25) is 0 Å². The monoisotopic (exact) mass is 247 g/mol. The molecule has 1 saturated carbocycles. The molecule has 1 unspecified atom stereocenters. The largest absolute Gasteiger partial charge is 0.393 e. The van der Waals surface area contributed by atoms with Crippen molar-refractivity contribution >= 4 is 5.69 Å². The topological polar surface area (TPSA) is 32.3 Å². The standard InChI is InChI=1S/C16H25NO/c1-12(2)13-7-9-15(10-8-13)17-11-14-5-3-4-6-16(14)18/h7-10,12,14,16-18H,3-6,11H2,1-2H3/t14-,16?/m0/s1. The quantitative estimate of drug-likeness (QED) is 0.848. The summed E-state index contributed by atoms with van der Waals surface area (Å²) in [6.07, 6.45) is 4.45. The van der Waals surface area contributed by atoms with E-state index >= 15 is 0 Å². The fourth-order valence-corrected chi connectivity index (χ4v) is 2.66. The van der Waals surface area contributed by atoms with Gasteiger partial charge in [0.1, 0.15) is 0 Å². The second-order valence-electron chi connectivity index (χ2n) is 5.77. The lowest BCUT2D eigenvalue weighted by atomic mass is 9.86. The zero-order valence-electron chi connectivity index (χ0n) is 11.5. The highest BCUT2D eigenvalue weighted by atomic mass is 16.3. The number of anilines is 1. The van der Waals surface area contributed by atoms with Crippen molar-refractivity contribution in [1.29, 1.82) is 0 Å². The van der Waals surface area contributed by atoms with E-state index in [9.17, 15) is 5.11 Å². The number of aliphatic hydroxyl groups excluding tert-OH is 1. The molecule has 0 heterocycles. The van der Waals surface area contributed by atoms with Crippen molar-refractivity contribution in [1.82, 2.24) is 0 Å². The minimum atomic E-state index is -0.110. The SMILES string of the molecule is CC(C)c1ccc(NC[C@@H]2CCCCC2O)cc1. The van der Waals surface area contributed by atoms with Crippen LogP contribution < -0.4 is 5.32 Å². The van der Waals surface area contributed by atoms with Crippen molar-refractivity contribution in [3.63, 3.8) is 0 Å². The number of hydrogen-bond donors (Lipinski definition) is 2. The predicted molar refractivity (Wildman–Crippen MR) is 77.0 cm³/mol. The number of hydrogen-bond acceptors (Lipinski definition) is 2. The molecule has 2 rings (SSSR count). The van der Waals surface area contributed by atoms with E-state index in [1.807, 2.05) is 0 Å². The molecule has 2 heteroatoms. The number of aliphatic hydroxyl groups is 1. The molecule has 0 bridgehead atoms. The van der Waals surface area contributed by atoms with Crippen molar-refractivity contribution in [2.45, 2.75) is 51.6 Å². The first-order valence-corrected chi connectivity index (χ1v) is 7.18. The van der Waals surface area contributed by atoms with E-state index < -0.39 is 0 Å². The fourth-order valence-electron chi connectivity index (χ4n) is 2.66. The second-order valence-corrected chi connectivity index (χ2v) is 5.77. The molecule has 1 aliphatic rings. The molecule has 0 aliphatic heterocycles. The summed E-state index contributed by atoms with van der Waals surface area (Å²) in [5, 5.41) is 13.4. The predicted octanol–water partition coefficient (Wildman–Crippen LogP) is 3.77. The summed E-state index contributed by atoms with van der Waals surface area (Å²) in [4.78, 5) is 0. The van der Waals surface area contributed by atoms with Gasteiger partial charge < -0.3 is 10.4 Å². The van der Waals surface area contributed by atoms with Crippen LogP contribution in [0.1, 0.15) is 51.0 Å². The molecule has 2 nitrogen and oxygen atoms in total. The number of nitrogens with one attached hydrogen (secondary N) is 1. The van der Waals surface area contributed by atoms with Crippen LogP contribution in [0.3, 0.4) is 0 Å². The van der Waals surface area contributed by atoms with Gasteiger partial charge in [0, 0.05) is 18.2 Å². The van der Waals surface area contributed by atoms with E-state index in [0.717, 1.165) is 25.1 Å². The first-order valence-electron chi connectivity index (χ1n) is 7.18. The number of rotatable bonds is 4. The lowest BCUT2D eigenvalue weighted by Crippen LogP contribution is -2.30. The maximum atomic E-state index is 9.92. The molecular formula is C16H25NO. The molecule has 2 N–H and O–H groups in total. The van der Waals surface area contributed by atoms with Crippen molar-refractivity contribution in [3.8, 4) is 0 Å². The summed E-state index contributed by atoms with van der Waals surface area (Å²) in [6, 6.07) is 8.66. The Hall–Kier alpha value is -1.02. The molecule has 0 radical (unpaired) electrons. The Balaban J connectivity index is 1.85. The maximum Gasteiger partial charge on any atom is 0.0585 e. The van der Waals surface area contributed by atoms with Crippen LogP contribution in [0, 0.1) is 5.92 Å². The van der Waals surface area contributed by atoms with Crippen LogP contribution in [-0.2, 0) is 0 Å². The summed E-state index contributed by atoms with van der Waals surface area (Å²) in [5.41, 5.74) is 2.54. The zero-order chi connectivity index (χ0) is 13.0. The van der Waals surface area contributed by atoms with E-state index in [-0.39, 0.29) is 6.10 Å². The molecule has 1 fully saturated rings. The lowest BCUT2D eigenvalue weighted by molar-refractivity contribution is 0.0763. The summed E-state index contributed by atoms with van der Waals surface area (Å²) >= 11 is 0. The van der Waals surface area contributed by atoms with E-state index in [1.54, 1.807) is 0 Å². The van der Waals surface area contributed by atoms with Crippen LogP contribution in [0.4, 0.5) is 5.69 Å². The molecule has 1 aromatic carbocycles. The Kier molecular flexibility index (Phi) is 4.65. The van der Waals surface area contributed by atoms with Crippen LogP contribution in [0.2, 0.25) is 0 Å². The summed E-state index contributed by atoms with van der Waals surface area (Å²) in [5.74, 6) is 1.00. The van der Waals surface area contributed by atoms with E-state index in [1.165, 1.54) is 18.4 Å². The average Bonchev–Trinajstić information content (AvgIpc) is 2.38. The second kappa shape index (κ2) is 6.24. The first-order chi connectivity index (χ1) is 8.66. The van der Waals surface area contributed by atoms with Crippen molar-refractivity contribution < 1.29 is 5.11 Å². The Morgan fingerprint density at radius 1 is 1.17 bits per heavy atom. The highest BCUT2D eigenvalue weighted by molar-refractivity contribution is 5.45. The van der Waals surface area contributed by atoms with Crippen LogP contribution in [0.15, 0.2) is 24.3 Å². The van der Waals surface area contributed by atoms with Gasteiger partial charge in [-0.1, -0.05) is 38.8 Å².